The van der Waals surface area contributed by atoms with Crippen LogP contribution in [0.4, 0.5) is 0 Å². The molecule has 1 fully saturated rings. The number of rotatable bonds is 6. The van der Waals surface area contributed by atoms with E-state index in [0.717, 1.165) is 18.5 Å². The molecule has 1 aliphatic rings. The second-order valence-electron chi connectivity index (χ2n) is 6.34. The lowest BCUT2D eigenvalue weighted by atomic mass is 9.94. The topological polar surface area (TPSA) is 12.0 Å². The normalized spacial score (nSPS) is 17.0. The molecule has 2 rings (SSSR count). The van der Waals surface area contributed by atoms with Crippen molar-refractivity contribution in [3.63, 3.8) is 0 Å². The van der Waals surface area contributed by atoms with Crippen LogP contribution in [-0.2, 0) is 13.0 Å². The van der Waals surface area contributed by atoms with Gasteiger partial charge in [-0.15, -0.1) is 0 Å². The van der Waals surface area contributed by atoms with Gasteiger partial charge in [-0.05, 0) is 54.9 Å². The first-order valence-electron chi connectivity index (χ1n) is 7.97. The molecule has 0 bridgehead atoms. The second-order valence-corrected chi connectivity index (χ2v) is 6.34. The molecule has 1 aromatic carbocycles. The van der Waals surface area contributed by atoms with E-state index < -0.39 is 0 Å². The van der Waals surface area contributed by atoms with Crippen LogP contribution >= 0.6 is 0 Å². The zero-order valence-corrected chi connectivity index (χ0v) is 12.5. The molecule has 1 aromatic rings. The molecule has 19 heavy (non-hydrogen) atoms. The summed E-state index contributed by atoms with van der Waals surface area (Å²) in [5, 5.41) is 3.75. The standard InChI is InChI=1S/C18H28N/c1-15(2)12-13-16-8-6-7-9-17(16)14-19-18-10-4-3-5-11-18/h6,8-9,15,18-19H,3-5,10-14H2,1-2H3. The number of hydrogen-bond donors (Lipinski definition) is 1. The molecule has 105 valence electrons. The maximum absolute atomic E-state index is 3.75. The first-order valence-corrected chi connectivity index (χ1v) is 7.97. The fraction of sp³-hybridized carbons (Fsp3) is 0.667. The van der Waals surface area contributed by atoms with Gasteiger partial charge in [0.25, 0.3) is 0 Å². The highest BCUT2D eigenvalue weighted by Crippen LogP contribution is 2.19. The first-order chi connectivity index (χ1) is 9.25. The van der Waals surface area contributed by atoms with Gasteiger partial charge in [-0.2, -0.15) is 0 Å². The van der Waals surface area contributed by atoms with E-state index in [2.05, 4.69) is 43.4 Å². The lowest BCUT2D eigenvalue weighted by Crippen LogP contribution is -2.30. The molecule has 0 spiro atoms. The van der Waals surface area contributed by atoms with Crippen LogP contribution < -0.4 is 5.32 Å². The minimum absolute atomic E-state index is 0.743. The van der Waals surface area contributed by atoms with E-state index in [0.29, 0.717) is 0 Å². The number of nitrogens with one attached hydrogen (secondary N) is 1. The van der Waals surface area contributed by atoms with Crippen LogP contribution in [0.15, 0.2) is 18.2 Å². The summed E-state index contributed by atoms with van der Waals surface area (Å²) in [7, 11) is 0. The van der Waals surface area contributed by atoms with Crippen LogP contribution in [0.25, 0.3) is 0 Å². The van der Waals surface area contributed by atoms with Crippen LogP contribution in [0.1, 0.15) is 63.5 Å². The van der Waals surface area contributed by atoms with Crippen molar-refractivity contribution in [1.82, 2.24) is 5.32 Å². The van der Waals surface area contributed by atoms with Gasteiger partial charge in [0.05, 0.1) is 0 Å². The summed E-state index contributed by atoms with van der Waals surface area (Å²) in [4.78, 5) is 0. The Hall–Kier alpha value is -0.820. The molecule has 1 N–H and O–H groups in total. The Kier molecular flexibility index (Phi) is 5.91. The smallest absolute Gasteiger partial charge is 0.0211 e. The third kappa shape index (κ3) is 4.99. The van der Waals surface area contributed by atoms with Crippen molar-refractivity contribution in [2.24, 2.45) is 5.92 Å². The Morgan fingerprint density at radius 2 is 2.00 bits per heavy atom. The highest BCUT2D eigenvalue weighted by atomic mass is 14.9. The molecule has 0 aromatic heterocycles. The highest BCUT2D eigenvalue weighted by molar-refractivity contribution is 5.26. The SMILES string of the molecule is CC(C)CCc1cc[c]cc1CNC1CCCCC1. The lowest BCUT2D eigenvalue weighted by molar-refractivity contribution is 0.372. The summed E-state index contributed by atoms with van der Waals surface area (Å²) in [6, 6.07) is 10.5. The van der Waals surface area contributed by atoms with Crippen molar-refractivity contribution in [3.8, 4) is 0 Å². The minimum Gasteiger partial charge on any atom is -0.310 e. The lowest BCUT2D eigenvalue weighted by Gasteiger charge is -2.23. The molecule has 1 nitrogen and oxygen atoms in total. The van der Waals surface area contributed by atoms with Gasteiger partial charge >= 0.3 is 0 Å². The van der Waals surface area contributed by atoms with Crippen LogP contribution in [0, 0.1) is 12.0 Å². The average Bonchev–Trinajstić information content (AvgIpc) is 2.45. The van der Waals surface area contributed by atoms with Crippen molar-refractivity contribution in [2.75, 3.05) is 0 Å². The van der Waals surface area contributed by atoms with Crippen LogP contribution in [0.3, 0.4) is 0 Å². The maximum atomic E-state index is 3.75. The Morgan fingerprint density at radius 3 is 2.74 bits per heavy atom. The third-order valence-corrected chi connectivity index (χ3v) is 4.23. The number of benzene rings is 1. The fourth-order valence-electron chi connectivity index (χ4n) is 2.91. The van der Waals surface area contributed by atoms with E-state index in [-0.39, 0.29) is 0 Å². The monoisotopic (exact) mass is 258 g/mol. The molecule has 1 aliphatic carbocycles. The summed E-state index contributed by atoms with van der Waals surface area (Å²) in [6.07, 6.45) is 9.43. The summed E-state index contributed by atoms with van der Waals surface area (Å²) in [5.41, 5.74) is 2.96. The molecule has 0 aliphatic heterocycles. The van der Waals surface area contributed by atoms with Crippen LogP contribution in [0.2, 0.25) is 0 Å². The van der Waals surface area contributed by atoms with Gasteiger partial charge in [0.2, 0.25) is 0 Å². The van der Waals surface area contributed by atoms with E-state index >= 15 is 0 Å². The molecular formula is C18H28N. The molecule has 0 heterocycles. The average molecular weight is 258 g/mol. The van der Waals surface area contributed by atoms with Gasteiger partial charge in [-0.3, -0.25) is 0 Å². The quantitative estimate of drug-likeness (QED) is 0.792. The summed E-state index contributed by atoms with van der Waals surface area (Å²) in [6.45, 7) is 5.62. The zero-order valence-electron chi connectivity index (χ0n) is 12.5. The minimum atomic E-state index is 0.743. The van der Waals surface area contributed by atoms with E-state index in [1.807, 2.05) is 0 Å². The molecular weight excluding hydrogens is 230 g/mol. The summed E-state index contributed by atoms with van der Waals surface area (Å²) in [5.74, 6) is 0.781. The van der Waals surface area contributed by atoms with Crippen LogP contribution in [-0.4, -0.2) is 6.04 Å². The predicted molar refractivity (Wildman–Crippen MR) is 82.1 cm³/mol. The predicted octanol–water partition coefficient (Wildman–Crippen LogP) is 4.50. The molecule has 0 amide bonds. The first kappa shape index (κ1) is 14.6. The molecule has 0 atom stereocenters. The second kappa shape index (κ2) is 7.69. The highest BCUT2D eigenvalue weighted by Gasteiger charge is 2.13. The van der Waals surface area contributed by atoms with E-state index in [9.17, 15) is 0 Å². The van der Waals surface area contributed by atoms with Crippen molar-refractivity contribution in [2.45, 2.75) is 71.4 Å². The molecule has 1 heteroatoms. The molecule has 1 radical (unpaired) electrons. The Morgan fingerprint density at radius 1 is 1.21 bits per heavy atom. The molecule has 0 unspecified atom stereocenters. The van der Waals surface area contributed by atoms with Gasteiger partial charge < -0.3 is 5.32 Å². The van der Waals surface area contributed by atoms with E-state index in [1.165, 1.54) is 56.1 Å². The third-order valence-electron chi connectivity index (χ3n) is 4.23. The molecule has 1 saturated carbocycles. The van der Waals surface area contributed by atoms with Gasteiger partial charge in [0.1, 0.15) is 0 Å². The van der Waals surface area contributed by atoms with Crippen LogP contribution in [0.5, 0.6) is 0 Å². The van der Waals surface area contributed by atoms with Gasteiger partial charge in [0, 0.05) is 12.6 Å². The fourth-order valence-corrected chi connectivity index (χ4v) is 2.91. The van der Waals surface area contributed by atoms with Crippen molar-refractivity contribution < 1.29 is 0 Å². The maximum Gasteiger partial charge on any atom is 0.0211 e. The van der Waals surface area contributed by atoms with Gasteiger partial charge in [-0.25, -0.2) is 0 Å². The van der Waals surface area contributed by atoms with Gasteiger partial charge in [0.15, 0.2) is 0 Å². The van der Waals surface area contributed by atoms with Crippen molar-refractivity contribution in [1.29, 1.82) is 0 Å². The van der Waals surface area contributed by atoms with Gasteiger partial charge in [-0.1, -0.05) is 45.2 Å². The van der Waals surface area contributed by atoms with E-state index in [1.54, 1.807) is 0 Å². The number of hydrogen-bond acceptors (Lipinski definition) is 1. The summed E-state index contributed by atoms with van der Waals surface area (Å²) >= 11 is 0. The summed E-state index contributed by atoms with van der Waals surface area (Å²) < 4.78 is 0. The van der Waals surface area contributed by atoms with Crippen molar-refractivity contribution in [3.05, 3.63) is 35.4 Å². The molecule has 0 saturated heterocycles. The Balaban J connectivity index is 1.87. The Bertz CT molecular complexity index is 364. The zero-order chi connectivity index (χ0) is 13.5. The largest absolute Gasteiger partial charge is 0.310 e. The van der Waals surface area contributed by atoms with Crippen molar-refractivity contribution >= 4 is 0 Å². The number of aryl methyl sites for hydroxylation is 1. The van der Waals surface area contributed by atoms with E-state index in [4.69, 9.17) is 0 Å². The Labute approximate surface area is 118 Å².